The van der Waals surface area contributed by atoms with E-state index in [0.29, 0.717) is 0 Å². The zero-order chi connectivity index (χ0) is 11.8. The quantitative estimate of drug-likeness (QED) is 0.797. The van der Waals surface area contributed by atoms with Crippen molar-refractivity contribution < 1.29 is 18.7 Å². The zero-order valence-electron chi connectivity index (χ0n) is 8.67. The highest BCUT2D eigenvalue weighted by Gasteiger charge is 2.36. The van der Waals surface area contributed by atoms with Crippen LogP contribution >= 0.6 is 0 Å². The van der Waals surface area contributed by atoms with Crippen molar-refractivity contribution in [1.29, 1.82) is 0 Å². The lowest BCUT2D eigenvalue weighted by molar-refractivity contribution is -0.125. The molecule has 2 nitrogen and oxygen atoms in total. The molecule has 86 valence electrons. The summed E-state index contributed by atoms with van der Waals surface area (Å²) >= 11 is 0. The monoisotopic (exact) mass is 226 g/mol. The minimum absolute atomic E-state index is 0.0417. The molecule has 0 bridgehead atoms. The number of carbonyl (C=O) groups is 1. The molecule has 0 unspecified atom stereocenters. The first-order valence-corrected chi connectivity index (χ1v) is 5.21. The molecule has 1 fully saturated rings. The van der Waals surface area contributed by atoms with E-state index in [4.69, 9.17) is 0 Å². The summed E-state index contributed by atoms with van der Waals surface area (Å²) in [6, 6.07) is 3.01. The molecule has 0 amide bonds. The van der Waals surface area contributed by atoms with Gasteiger partial charge in [-0.25, -0.2) is 8.78 Å². The Morgan fingerprint density at radius 3 is 2.44 bits per heavy atom. The zero-order valence-corrected chi connectivity index (χ0v) is 8.67. The summed E-state index contributed by atoms with van der Waals surface area (Å²) in [5.41, 5.74) is -1.44. The third kappa shape index (κ3) is 1.97. The SMILES string of the molecule is O=C1CCC(O)(c2cc(F)ccc2F)CC1. The fourth-order valence-corrected chi connectivity index (χ4v) is 2.07. The van der Waals surface area contributed by atoms with Gasteiger partial charge in [0.05, 0.1) is 5.60 Å². The van der Waals surface area contributed by atoms with Gasteiger partial charge in [0.15, 0.2) is 0 Å². The molecule has 0 saturated heterocycles. The number of halogens is 2. The Kier molecular flexibility index (Phi) is 2.76. The van der Waals surface area contributed by atoms with Gasteiger partial charge in [-0.15, -0.1) is 0 Å². The molecule has 0 heterocycles. The van der Waals surface area contributed by atoms with Crippen LogP contribution in [0.5, 0.6) is 0 Å². The lowest BCUT2D eigenvalue weighted by atomic mass is 9.79. The van der Waals surface area contributed by atoms with Gasteiger partial charge in [-0.3, -0.25) is 4.79 Å². The molecular formula is C12H12F2O2. The Labute approximate surface area is 91.9 Å². The topological polar surface area (TPSA) is 37.3 Å². The van der Waals surface area contributed by atoms with Crippen molar-refractivity contribution in [2.75, 3.05) is 0 Å². The number of Topliss-reactive ketones (excluding diaryl/α,β-unsaturated/α-hetero) is 1. The number of rotatable bonds is 1. The van der Waals surface area contributed by atoms with Crippen LogP contribution in [0, 0.1) is 11.6 Å². The standard InChI is InChI=1S/C12H12F2O2/c13-8-1-2-11(14)10(7-8)12(16)5-3-9(15)4-6-12/h1-2,7,16H,3-6H2. The highest BCUT2D eigenvalue weighted by atomic mass is 19.1. The van der Waals surface area contributed by atoms with Crippen LogP contribution in [-0.4, -0.2) is 10.9 Å². The minimum Gasteiger partial charge on any atom is -0.385 e. The van der Waals surface area contributed by atoms with Gasteiger partial charge in [0.1, 0.15) is 17.4 Å². The average Bonchev–Trinajstić information content (AvgIpc) is 2.26. The van der Waals surface area contributed by atoms with Gasteiger partial charge in [-0.2, -0.15) is 0 Å². The van der Waals surface area contributed by atoms with Crippen LogP contribution in [-0.2, 0) is 10.4 Å². The van der Waals surface area contributed by atoms with E-state index in [0.717, 1.165) is 18.2 Å². The van der Waals surface area contributed by atoms with Gasteiger partial charge < -0.3 is 5.11 Å². The summed E-state index contributed by atoms with van der Waals surface area (Å²) in [5, 5.41) is 10.2. The molecule has 1 aliphatic rings. The van der Waals surface area contributed by atoms with E-state index in [9.17, 15) is 18.7 Å². The molecule has 16 heavy (non-hydrogen) atoms. The second kappa shape index (κ2) is 3.94. The summed E-state index contributed by atoms with van der Waals surface area (Å²) in [6.45, 7) is 0. The first kappa shape index (κ1) is 11.2. The smallest absolute Gasteiger partial charge is 0.133 e. The van der Waals surface area contributed by atoms with Gasteiger partial charge in [-0.05, 0) is 31.0 Å². The fraction of sp³-hybridized carbons (Fsp3) is 0.417. The maximum Gasteiger partial charge on any atom is 0.133 e. The van der Waals surface area contributed by atoms with E-state index >= 15 is 0 Å². The van der Waals surface area contributed by atoms with Crippen molar-refractivity contribution in [2.24, 2.45) is 0 Å². The van der Waals surface area contributed by atoms with E-state index in [1.54, 1.807) is 0 Å². The summed E-state index contributed by atoms with van der Waals surface area (Å²) < 4.78 is 26.5. The molecule has 1 N–H and O–H groups in total. The van der Waals surface area contributed by atoms with Crippen molar-refractivity contribution in [2.45, 2.75) is 31.3 Å². The molecule has 0 radical (unpaired) electrons. The Bertz CT molecular complexity index is 419. The number of hydrogen-bond acceptors (Lipinski definition) is 2. The van der Waals surface area contributed by atoms with Crippen LogP contribution in [0.25, 0.3) is 0 Å². The third-order valence-electron chi connectivity index (χ3n) is 3.06. The van der Waals surface area contributed by atoms with Gasteiger partial charge in [-0.1, -0.05) is 0 Å². The molecule has 1 aliphatic carbocycles. The number of aliphatic hydroxyl groups is 1. The number of carbonyl (C=O) groups excluding carboxylic acids is 1. The fourth-order valence-electron chi connectivity index (χ4n) is 2.07. The average molecular weight is 226 g/mol. The summed E-state index contributed by atoms with van der Waals surface area (Å²) in [4.78, 5) is 11.1. The summed E-state index contributed by atoms with van der Waals surface area (Å²) in [7, 11) is 0. The van der Waals surface area contributed by atoms with Crippen LogP contribution in [0.4, 0.5) is 8.78 Å². The van der Waals surface area contributed by atoms with E-state index in [-0.39, 0.29) is 37.0 Å². The molecular weight excluding hydrogens is 214 g/mol. The van der Waals surface area contributed by atoms with Crippen LogP contribution in [0.15, 0.2) is 18.2 Å². The molecule has 2 rings (SSSR count). The highest BCUT2D eigenvalue weighted by molar-refractivity contribution is 5.79. The van der Waals surface area contributed by atoms with Gasteiger partial charge in [0, 0.05) is 18.4 Å². The van der Waals surface area contributed by atoms with E-state index in [1.165, 1.54) is 0 Å². The highest BCUT2D eigenvalue weighted by Crippen LogP contribution is 2.37. The summed E-state index contributed by atoms with van der Waals surface area (Å²) in [6.07, 6.45) is 0.747. The van der Waals surface area contributed by atoms with Crippen molar-refractivity contribution in [1.82, 2.24) is 0 Å². The van der Waals surface area contributed by atoms with Crippen LogP contribution < -0.4 is 0 Å². The van der Waals surface area contributed by atoms with Crippen molar-refractivity contribution >= 4 is 5.78 Å². The van der Waals surface area contributed by atoms with Gasteiger partial charge in [0.2, 0.25) is 0 Å². The van der Waals surface area contributed by atoms with E-state index < -0.39 is 17.2 Å². The van der Waals surface area contributed by atoms with Crippen LogP contribution in [0.2, 0.25) is 0 Å². The van der Waals surface area contributed by atoms with Crippen molar-refractivity contribution in [3.05, 3.63) is 35.4 Å². The third-order valence-corrected chi connectivity index (χ3v) is 3.06. The van der Waals surface area contributed by atoms with Crippen molar-refractivity contribution in [3.63, 3.8) is 0 Å². The minimum atomic E-state index is -1.40. The number of hydrogen-bond donors (Lipinski definition) is 1. The van der Waals surface area contributed by atoms with Gasteiger partial charge in [0.25, 0.3) is 0 Å². The van der Waals surface area contributed by atoms with Gasteiger partial charge >= 0.3 is 0 Å². The maximum atomic E-state index is 13.5. The molecule has 1 aromatic carbocycles. The molecule has 0 spiro atoms. The first-order valence-electron chi connectivity index (χ1n) is 5.21. The lowest BCUT2D eigenvalue weighted by Gasteiger charge is -2.32. The molecule has 1 saturated carbocycles. The van der Waals surface area contributed by atoms with E-state index in [2.05, 4.69) is 0 Å². The van der Waals surface area contributed by atoms with E-state index in [1.807, 2.05) is 0 Å². The summed E-state index contributed by atoms with van der Waals surface area (Å²) in [5.74, 6) is -1.15. The number of benzene rings is 1. The second-order valence-corrected chi connectivity index (χ2v) is 4.19. The number of ketones is 1. The lowest BCUT2D eigenvalue weighted by Crippen LogP contribution is -2.32. The normalized spacial score (nSPS) is 19.8. The Balaban J connectivity index is 2.35. The molecule has 1 aromatic rings. The molecule has 0 aromatic heterocycles. The first-order chi connectivity index (χ1) is 7.51. The molecule has 4 heteroatoms. The predicted molar refractivity (Wildman–Crippen MR) is 53.7 cm³/mol. The Morgan fingerprint density at radius 2 is 1.81 bits per heavy atom. The second-order valence-electron chi connectivity index (χ2n) is 4.19. The molecule has 0 atom stereocenters. The molecule has 0 aliphatic heterocycles. The largest absolute Gasteiger partial charge is 0.385 e. The predicted octanol–water partition coefficient (Wildman–Crippen LogP) is 2.30. The van der Waals surface area contributed by atoms with Crippen LogP contribution in [0.3, 0.4) is 0 Å². The Morgan fingerprint density at radius 1 is 1.19 bits per heavy atom. The van der Waals surface area contributed by atoms with Crippen molar-refractivity contribution in [3.8, 4) is 0 Å². The Hall–Kier alpha value is -1.29. The maximum absolute atomic E-state index is 13.5. The van der Waals surface area contributed by atoms with Crippen LogP contribution in [0.1, 0.15) is 31.2 Å².